The Kier molecular flexibility index (Phi) is 1.80. The number of hydrogen-bond acceptors (Lipinski definition) is 4. The Hall–Kier alpha value is -0.620. The second-order valence-corrected chi connectivity index (χ2v) is 3.99. The summed E-state index contributed by atoms with van der Waals surface area (Å²) >= 11 is 3.46. The van der Waals surface area contributed by atoms with Gasteiger partial charge >= 0.3 is 0 Å². The molecule has 0 saturated carbocycles. The average Bonchev–Trinajstić information content (AvgIpc) is 2.29. The van der Waals surface area contributed by atoms with E-state index in [2.05, 4.69) is 31.9 Å². The molecule has 1 saturated heterocycles. The van der Waals surface area contributed by atoms with E-state index in [4.69, 9.17) is 0 Å². The van der Waals surface area contributed by atoms with Gasteiger partial charge in [0.1, 0.15) is 12.4 Å². The molecule has 66 valence electrons. The monoisotopic (exact) mass is 232 g/mol. The van der Waals surface area contributed by atoms with Gasteiger partial charge in [-0.05, 0) is 6.92 Å². The number of carbonyl (C=O) groups is 1. The van der Waals surface area contributed by atoms with E-state index < -0.39 is 0 Å². The number of nitrogens with one attached hydrogen (secondary N) is 2. The van der Waals surface area contributed by atoms with Crippen LogP contribution < -0.4 is 10.9 Å². The van der Waals surface area contributed by atoms with E-state index in [1.54, 1.807) is 11.3 Å². The predicted molar refractivity (Wildman–Crippen MR) is 47.6 cm³/mol. The third-order valence-corrected chi connectivity index (χ3v) is 3.35. The van der Waals surface area contributed by atoms with Crippen LogP contribution in [0.5, 0.6) is 0 Å². The highest BCUT2D eigenvalue weighted by Crippen LogP contribution is 2.22. The molecule has 0 bridgehead atoms. The summed E-state index contributed by atoms with van der Waals surface area (Å²) in [4.78, 5) is 11.4. The van der Waals surface area contributed by atoms with Crippen LogP contribution in [0.2, 0.25) is 0 Å². The third-order valence-electron chi connectivity index (χ3n) is 2.06. The van der Waals surface area contributed by atoms with Gasteiger partial charge < -0.3 is 0 Å². The third kappa shape index (κ3) is 1.02. The maximum Gasteiger partial charge on any atom is 0.265 e. The Labute approximate surface area is 78.3 Å². The maximum atomic E-state index is 11.3. The van der Waals surface area contributed by atoms with Crippen molar-refractivity contribution in [2.24, 2.45) is 5.10 Å². The first kappa shape index (κ1) is 8.00. The molecule has 5 nitrogen and oxygen atoms in total. The van der Waals surface area contributed by atoms with Crippen molar-refractivity contribution in [2.75, 3.05) is 0 Å². The van der Waals surface area contributed by atoms with Crippen LogP contribution >= 0.6 is 15.9 Å². The van der Waals surface area contributed by atoms with Gasteiger partial charge in [0, 0.05) is 6.04 Å². The molecule has 0 spiro atoms. The lowest BCUT2D eigenvalue weighted by Crippen LogP contribution is -2.50. The Bertz CT molecular complexity index is 244. The lowest BCUT2D eigenvalue weighted by atomic mass is 10.1. The number of rotatable bonds is 0. The lowest BCUT2D eigenvalue weighted by molar-refractivity contribution is -0.125. The van der Waals surface area contributed by atoms with Gasteiger partial charge in [0.05, 0.1) is 4.83 Å². The first-order valence-corrected chi connectivity index (χ1v) is 4.63. The van der Waals surface area contributed by atoms with E-state index in [0.29, 0.717) is 0 Å². The van der Waals surface area contributed by atoms with Crippen molar-refractivity contribution >= 4 is 28.2 Å². The van der Waals surface area contributed by atoms with E-state index in [9.17, 15) is 4.79 Å². The summed E-state index contributed by atoms with van der Waals surface area (Å²) in [6, 6.07) is 0.0581. The molecular weight excluding hydrogens is 224 g/mol. The molecule has 3 atom stereocenters. The number of hydrazine groups is 1. The molecule has 1 amide bonds. The van der Waals surface area contributed by atoms with Gasteiger partial charge in [-0.1, -0.05) is 15.9 Å². The minimum absolute atomic E-state index is 0.0729. The average molecular weight is 233 g/mol. The van der Waals surface area contributed by atoms with Crippen molar-refractivity contribution in [3.63, 3.8) is 0 Å². The van der Waals surface area contributed by atoms with Crippen LogP contribution in [0.3, 0.4) is 0 Å². The SMILES string of the molecule is CC1NN2C=NNC(=O)C2C1Br. The predicted octanol–water partition coefficient (Wildman–Crippen LogP) is -0.600. The van der Waals surface area contributed by atoms with E-state index in [1.165, 1.54) is 0 Å². The number of fused-ring (bicyclic) bond motifs is 1. The number of amides is 1. The van der Waals surface area contributed by atoms with Gasteiger partial charge in [0.25, 0.3) is 5.91 Å². The van der Waals surface area contributed by atoms with Gasteiger partial charge in [-0.15, -0.1) is 0 Å². The van der Waals surface area contributed by atoms with E-state index in [1.807, 2.05) is 6.92 Å². The van der Waals surface area contributed by atoms with Crippen molar-refractivity contribution in [1.29, 1.82) is 0 Å². The molecular formula is C6H9BrN4O. The zero-order valence-corrected chi connectivity index (χ0v) is 8.08. The summed E-state index contributed by atoms with van der Waals surface area (Å²) in [5.41, 5.74) is 5.54. The number of hydrazone groups is 1. The molecule has 3 unspecified atom stereocenters. The summed E-state index contributed by atoms with van der Waals surface area (Å²) in [6.07, 6.45) is 1.59. The number of carbonyl (C=O) groups excluding carboxylic acids is 1. The molecule has 1 fully saturated rings. The fraction of sp³-hybridized carbons (Fsp3) is 0.667. The summed E-state index contributed by atoms with van der Waals surface area (Å²) in [5.74, 6) is -0.0729. The fourth-order valence-corrected chi connectivity index (χ4v) is 2.02. The van der Waals surface area contributed by atoms with Crippen LogP contribution in [0.15, 0.2) is 5.10 Å². The highest BCUT2D eigenvalue weighted by molar-refractivity contribution is 9.09. The van der Waals surface area contributed by atoms with E-state index in [0.717, 1.165) is 0 Å². The molecule has 2 heterocycles. The maximum absolute atomic E-state index is 11.3. The first-order chi connectivity index (χ1) is 5.70. The van der Waals surface area contributed by atoms with E-state index >= 15 is 0 Å². The zero-order chi connectivity index (χ0) is 8.72. The minimum Gasteiger partial charge on any atom is -0.283 e. The van der Waals surface area contributed by atoms with Gasteiger partial charge in [-0.2, -0.15) is 5.10 Å². The van der Waals surface area contributed by atoms with E-state index in [-0.39, 0.29) is 22.8 Å². The van der Waals surface area contributed by atoms with Crippen molar-refractivity contribution < 1.29 is 4.79 Å². The van der Waals surface area contributed by atoms with Crippen molar-refractivity contribution in [3.8, 4) is 0 Å². The topological polar surface area (TPSA) is 56.7 Å². The summed E-state index contributed by atoms with van der Waals surface area (Å²) in [7, 11) is 0. The molecule has 6 heteroatoms. The normalized spacial score (nSPS) is 39.7. The van der Waals surface area contributed by atoms with Crippen LogP contribution in [0.1, 0.15) is 6.92 Å². The zero-order valence-electron chi connectivity index (χ0n) is 6.49. The number of alkyl halides is 1. The highest BCUT2D eigenvalue weighted by atomic mass is 79.9. The quantitative estimate of drug-likeness (QED) is 0.549. The largest absolute Gasteiger partial charge is 0.283 e. The molecule has 12 heavy (non-hydrogen) atoms. The standard InChI is InChI=1S/C6H9BrN4O/c1-3-4(7)5-6(12)9-8-2-11(5)10-3/h2-5,10H,1H3,(H,9,12). The smallest absolute Gasteiger partial charge is 0.265 e. The van der Waals surface area contributed by atoms with Crippen molar-refractivity contribution in [2.45, 2.75) is 23.8 Å². The molecule has 2 rings (SSSR count). The highest BCUT2D eigenvalue weighted by Gasteiger charge is 2.42. The minimum atomic E-state index is -0.183. The van der Waals surface area contributed by atoms with Gasteiger partial charge in [0.15, 0.2) is 0 Å². The van der Waals surface area contributed by atoms with Gasteiger partial charge in [0.2, 0.25) is 0 Å². The molecule has 2 N–H and O–H groups in total. The van der Waals surface area contributed by atoms with Crippen LogP contribution in [0.4, 0.5) is 0 Å². The molecule has 0 aromatic carbocycles. The summed E-state index contributed by atoms with van der Waals surface area (Å²) in [6.45, 7) is 2.01. The van der Waals surface area contributed by atoms with Crippen LogP contribution in [-0.2, 0) is 4.79 Å². The summed E-state index contributed by atoms with van der Waals surface area (Å²) < 4.78 is 0. The number of halogens is 1. The first-order valence-electron chi connectivity index (χ1n) is 3.72. The molecule has 2 aliphatic rings. The molecule has 0 aliphatic carbocycles. The second kappa shape index (κ2) is 2.70. The number of hydrogen-bond donors (Lipinski definition) is 2. The molecule has 2 aliphatic heterocycles. The van der Waals surface area contributed by atoms with Crippen molar-refractivity contribution in [1.82, 2.24) is 15.9 Å². The Morgan fingerprint density at radius 3 is 3.17 bits per heavy atom. The van der Waals surface area contributed by atoms with Crippen LogP contribution in [-0.4, -0.2) is 34.2 Å². The lowest BCUT2D eigenvalue weighted by Gasteiger charge is -2.24. The molecule has 0 aromatic heterocycles. The molecule has 0 radical (unpaired) electrons. The Balaban J connectivity index is 2.26. The van der Waals surface area contributed by atoms with Crippen molar-refractivity contribution in [3.05, 3.63) is 0 Å². The number of nitrogens with zero attached hydrogens (tertiary/aromatic N) is 2. The van der Waals surface area contributed by atoms with Crippen LogP contribution in [0.25, 0.3) is 0 Å². The summed E-state index contributed by atoms with van der Waals surface area (Å²) in [5, 5.41) is 5.41. The Morgan fingerprint density at radius 2 is 2.50 bits per heavy atom. The van der Waals surface area contributed by atoms with Gasteiger partial charge in [-0.3, -0.25) is 9.80 Å². The Morgan fingerprint density at radius 1 is 1.75 bits per heavy atom. The fourth-order valence-electron chi connectivity index (χ4n) is 1.41. The molecule has 0 aromatic rings. The van der Waals surface area contributed by atoms with Crippen LogP contribution in [0, 0.1) is 0 Å². The second-order valence-electron chi connectivity index (χ2n) is 2.93. The van der Waals surface area contributed by atoms with Gasteiger partial charge in [-0.25, -0.2) is 10.9 Å².